The number of carbonyl (C=O) groups is 1. The van der Waals surface area contributed by atoms with Crippen molar-refractivity contribution in [1.82, 2.24) is 25.3 Å². The number of anilines is 2. The van der Waals surface area contributed by atoms with E-state index in [2.05, 4.69) is 25.3 Å². The summed E-state index contributed by atoms with van der Waals surface area (Å²) in [4.78, 5) is 29.6. The van der Waals surface area contributed by atoms with Crippen LogP contribution in [0.15, 0.2) is 12.4 Å². The Labute approximate surface area is 166 Å². The fourth-order valence-corrected chi connectivity index (χ4v) is 3.27. The zero-order valence-corrected chi connectivity index (χ0v) is 16.0. The van der Waals surface area contributed by atoms with Gasteiger partial charge < -0.3 is 25.4 Å². The van der Waals surface area contributed by atoms with Crippen molar-refractivity contribution < 1.29 is 18.7 Å². The Balaban J connectivity index is 1.61. The number of nitrogens with zero attached hydrogens (tertiary/aromatic N) is 5. The van der Waals surface area contributed by atoms with Gasteiger partial charge in [-0.3, -0.25) is 4.79 Å². The molecular weight excluding hydrogens is 381 g/mol. The molecule has 1 amide bonds. The molecule has 0 bridgehead atoms. The molecule has 1 saturated carbocycles. The summed E-state index contributed by atoms with van der Waals surface area (Å²) in [6, 6.07) is 0.0334. The molecule has 2 aromatic rings. The van der Waals surface area contributed by atoms with Gasteiger partial charge in [-0.25, -0.2) is 15.0 Å². The average molecular weight is 403 g/mol. The summed E-state index contributed by atoms with van der Waals surface area (Å²) >= 11 is 0. The predicted molar refractivity (Wildman–Crippen MR) is 102 cm³/mol. The normalized spacial score (nSPS) is 21.4. The molecule has 2 fully saturated rings. The fraction of sp³-hybridized carbons (Fsp3) is 0.500. The average Bonchev–Trinajstić information content (AvgIpc) is 2.69. The minimum Gasteiger partial charge on any atom is -0.472 e. The summed E-state index contributed by atoms with van der Waals surface area (Å²) in [7, 11) is 0. The number of morpholine rings is 1. The monoisotopic (exact) mass is 403 g/mol. The Hall–Kier alpha value is -3.08. The smallest absolute Gasteiger partial charge is 0.256 e. The maximum Gasteiger partial charge on any atom is 0.256 e. The number of hydrogen-bond donors (Lipinski definition) is 2. The number of halogens is 1. The lowest BCUT2D eigenvalue weighted by Gasteiger charge is -2.35. The van der Waals surface area contributed by atoms with Gasteiger partial charge in [-0.2, -0.15) is 9.37 Å². The minimum absolute atomic E-state index is 0.0334. The predicted octanol–water partition coefficient (Wildman–Crippen LogP) is 0.537. The summed E-state index contributed by atoms with van der Waals surface area (Å²) in [5.41, 5.74) is 5.96. The largest absolute Gasteiger partial charge is 0.472 e. The highest BCUT2D eigenvalue weighted by Crippen LogP contribution is 2.32. The number of rotatable bonds is 5. The Bertz CT molecular complexity index is 884. The van der Waals surface area contributed by atoms with Crippen molar-refractivity contribution in [2.45, 2.75) is 31.9 Å². The lowest BCUT2D eigenvalue weighted by Crippen LogP contribution is -2.48. The highest BCUT2D eigenvalue weighted by molar-refractivity contribution is 5.73. The molecule has 0 aromatic carbocycles. The quantitative estimate of drug-likeness (QED) is 0.735. The first-order valence-corrected chi connectivity index (χ1v) is 9.41. The van der Waals surface area contributed by atoms with Gasteiger partial charge in [-0.05, 0) is 0 Å². The zero-order valence-electron chi connectivity index (χ0n) is 16.0. The van der Waals surface area contributed by atoms with Crippen molar-refractivity contribution in [2.24, 2.45) is 0 Å². The van der Waals surface area contributed by atoms with Gasteiger partial charge in [0.25, 0.3) is 5.88 Å². The summed E-state index contributed by atoms with van der Waals surface area (Å²) in [6.07, 6.45) is 3.78. The molecular formula is C18H22FN7O3. The van der Waals surface area contributed by atoms with Crippen LogP contribution in [0.25, 0.3) is 11.3 Å². The maximum atomic E-state index is 15.2. The highest BCUT2D eigenvalue weighted by atomic mass is 19.1. The van der Waals surface area contributed by atoms with Crippen LogP contribution in [0.3, 0.4) is 0 Å². The maximum absolute atomic E-state index is 15.2. The molecule has 11 heteroatoms. The third-order valence-electron chi connectivity index (χ3n) is 4.83. The van der Waals surface area contributed by atoms with Crippen LogP contribution >= 0.6 is 0 Å². The van der Waals surface area contributed by atoms with Crippen LogP contribution in [0.5, 0.6) is 5.88 Å². The first-order valence-electron chi connectivity index (χ1n) is 9.41. The second kappa shape index (κ2) is 8.11. The number of carbonyl (C=O) groups excluding carboxylic acids is 1. The molecule has 0 radical (unpaired) electrons. The lowest BCUT2D eigenvalue weighted by atomic mass is 9.89. The van der Waals surface area contributed by atoms with E-state index >= 15 is 4.39 Å². The van der Waals surface area contributed by atoms with E-state index in [-0.39, 0.29) is 35.6 Å². The standard InChI is InChI=1S/C18H22FN7O3/c1-10(27)23-12-6-13(7-12)29-16-14(19)15(11-8-21-17(20)22-9-11)24-18(25-16)26-2-4-28-5-3-26/h8-9,12-13H,2-7H2,1H3,(H,23,27)(H2,20,21,22). The molecule has 0 unspecified atom stereocenters. The Morgan fingerprint density at radius 2 is 1.97 bits per heavy atom. The molecule has 0 atom stereocenters. The number of hydrogen-bond acceptors (Lipinski definition) is 9. The SMILES string of the molecule is CC(=O)NC1CC(Oc2nc(N3CCOCC3)nc(-c3cnc(N)nc3)c2F)C1. The van der Waals surface area contributed by atoms with Crippen molar-refractivity contribution in [3.63, 3.8) is 0 Å². The van der Waals surface area contributed by atoms with Crippen molar-refractivity contribution in [2.75, 3.05) is 36.9 Å². The Morgan fingerprint density at radius 3 is 2.62 bits per heavy atom. The van der Waals surface area contributed by atoms with E-state index in [0.29, 0.717) is 50.7 Å². The number of nitrogens with one attached hydrogen (secondary N) is 1. The topological polar surface area (TPSA) is 128 Å². The van der Waals surface area contributed by atoms with Crippen LogP contribution in [0.2, 0.25) is 0 Å². The molecule has 3 N–H and O–H groups in total. The van der Waals surface area contributed by atoms with E-state index in [9.17, 15) is 4.79 Å². The van der Waals surface area contributed by atoms with Crippen LogP contribution < -0.4 is 20.7 Å². The molecule has 1 aliphatic carbocycles. The van der Waals surface area contributed by atoms with Crippen molar-refractivity contribution in [3.05, 3.63) is 18.2 Å². The summed E-state index contributed by atoms with van der Waals surface area (Å²) in [6.45, 7) is 3.73. The Kier molecular flexibility index (Phi) is 5.38. The first-order chi connectivity index (χ1) is 14.0. The molecule has 3 heterocycles. The van der Waals surface area contributed by atoms with Crippen molar-refractivity contribution in [3.8, 4) is 17.1 Å². The molecule has 0 spiro atoms. The number of ether oxygens (including phenoxy) is 2. The molecule has 4 rings (SSSR count). The number of amides is 1. The van der Waals surface area contributed by atoms with E-state index in [1.165, 1.54) is 19.3 Å². The van der Waals surface area contributed by atoms with Gasteiger partial charge in [-0.1, -0.05) is 0 Å². The molecule has 1 saturated heterocycles. The minimum atomic E-state index is -0.682. The lowest BCUT2D eigenvalue weighted by molar-refractivity contribution is -0.120. The van der Waals surface area contributed by atoms with Crippen LogP contribution in [0.4, 0.5) is 16.3 Å². The molecule has 2 aliphatic rings. The summed E-state index contributed by atoms with van der Waals surface area (Å²) < 4.78 is 26.4. The van der Waals surface area contributed by atoms with E-state index in [1.54, 1.807) is 0 Å². The third-order valence-corrected chi connectivity index (χ3v) is 4.83. The van der Waals surface area contributed by atoms with Crippen molar-refractivity contribution >= 4 is 17.8 Å². The Morgan fingerprint density at radius 1 is 1.28 bits per heavy atom. The summed E-state index contributed by atoms with van der Waals surface area (Å²) in [5, 5.41) is 2.82. The number of aromatic nitrogens is 4. The van der Waals surface area contributed by atoms with Gasteiger partial charge in [0.1, 0.15) is 11.8 Å². The number of nitrogens with two attached hydrogens (primary N) is 1. The van der Waals surface area contributed by atoms with Gasteiger partial charge in [-0.15, -0.1) is 0 Å². The van der Waals surface area contributed by atoms with Crippen LogP contribution in [-0.4, -0.2) is 64.3 Å². The van der Waals surface area contributed by atoms with Crippen molar-refractivity contribution in [1.29, 1.82) is 0 Å². The van der Waals surface area contributed by atoms with E-state index in [1.807, 2.05) is 4.90 Å². The van der Waals surface area contributed by atoms with Gasteiger partial charge in [0, 0.05) is 56.9 Å². The van der Waals surface area contributed by atoms with Gasteiger partial charge in [0.05, 0.1) is 13.2 Å². The highest BCUT2D eigenvalue weighted by Gasteiger charge is 2.33. The van der Waals surface area contributed by atoms with Crippen LogP contribution in [0.1, 0.15) is 19.8 Å². The fourth-order valence-electron chi connectivity index (χ4n) is 3.27. The van der Waals surface area contributed by atoms with Gasteiger partial charge in [0.15, 0.2) is 0 Å². The third kappa shape index (κ3) is 4.34. The molecule has 154 valence electrons. The number of nitrogen functional groups attached to an aromatic ring is 1. The molecule has 2 aromatic heterocycles. The van der Waals surface area contributed by atoms with Gasteiger partial charge >= 0.3 is 0 Å². The second-order valence-electron chi connectivity index (χ2n) is 7.03. The van der Waals surface area contributed by atoms with E-state index < -0.39 is 5.82 Å². The van der Waals surface area contributed by atoms with E-state index in [0.717, 1.165) is 0 Å². The summed E-state index contributed by atoms with van der Waals surface area (Å²) in [5.74, 6) is -0.458. The van der Waals surface area contributed by atoms with Crippen LogP contribution in [0, 0.1) is 5.82 Å². The van der Waals surface area contributed by atoms with E-state index in [4.69, 9.17) is 15.2 Å². The second-order valence-corrected chi connectivity index (χ2v) is 7.03. The molecule has 1 aliphatic heterocycles. The zero-order chi connectivity index (χ0) is 20.4. The first kappa shape index (κ1) is 19.2. The van der Waals surface area contributed by atoms with Crippen LogP contribution in [-0.2, 0) is 9.53 Å². The molecule has 29 heavy (non-hydrogen) atoms. The van der Waals surface area contributed by atoms with Gasteiger partial charge in [0.2, 0.25) is 23.6 Å². The molecule has 10 nitrogen and oxygen atoms in total.